The first-order chi connectivity index (χ1) is 11.4. The molecule has 1 aromatic heterocycles. The average Bonchev–Trinajstić information content (AvgIpc) is 2.94. The molecular weight excluding hydrogens is 372 g/mol. The van der Waals surface area contributed by atoms with E-state index in [0.717, 1.165) is 16.8 Å². The third kappa shape index (κ3) is 4.83. The highest BCUT2D eigenvalue weighted by Gasteiger charge is 2.12. The SMILES string of the molecule is Cc1cccc(C)c1NC(=O)CN(C)C(=O)/C=C/c1ccc(Br)o1. The third-order valence-corrected chi connectivity index (χ3v) is 3.91. The van der Waals surface area contributed by atoms with Crippen molar-refractivity contribution in [3.8, 4) is 0 Å². The largest absolute Gasteiger partial charge is 0.450 e. The van der Waals surface area contributed by atoms with Crippen LogP contribution >= 0.6 is 15.9 Å². The summed E-state index contributed by atoms with van der Waals surface area (Å²) < 4.78 is 5.87. The molecule has 0 aliphatic rings. The van der Waals surface area contributed by atoms with Gasteiger partial charge in [-0.3, -0.25) is 9.59 Å². The van der Waals surface area contributed by atoms with E-state index in [4.69, 9.17) is 4.42 Å². The van der Waals surface area contributed by atoms with E-state index in [1.807, 2.05) is 32.0 Å². The van der Waals surface area contributed by atoms with Crippen LogP contribution in [0.4, 0.5) is 5.69 Å². The highest BCUT2D eigenvalue weighted by Crippen LogP contribution is 2.19. The second-order valence-electron chi connectivity index (χ2n) is 5.48. The number of nitrogens with one attached hydrogen (secondary N) is 1. The molecule has 6 heteroatoms. The monoisotopic (exact) mass is 390 g/mol. The molecule has 0 aliphatic heterocycles. The molecule has 0 atom stereocenters. The number of nitrogens with zero attached hydrogens (tertiary/aromatic N) is 1. The number of hydrogen-bond donors (Lipinski definition) is 1. The van der Waals surface area contributed by atoms with Crippen molar-refractivity contribution in [1.82, 2.24) is 4.90 Å². The average molecular weight is 391 g/mol. The van der Waals surface area contributed by atoms with Crippen molar-refractivity contribution < 1.29 is 14.0 Å². The van der Waals surface area contributed by atoms with Gasteiger partial charge in [-0.15, -0.1) is 0 Å². The van der Waals surface area contributed by atoms with Crippen molar-refractivity contribution in [1.29, 1.82) is 0 Å². The van der Waals surface area contributed by atoms with Crippen molar-refractivity contribution in [3.63, 3.8) is 0 Å². The van der Waals surface area contributed by atoms with Gasteiger partial charge in [0.25, 0.3) is 0 Å². The summed E-state index contributed by atoms with van der Waals surface area (Å²) in [6, 6.07) is 9.28. The molecule has 1 heterocycles. The van der Waals surface area contributed by atoms with Crippen LogP contribution in [0.3, 0.4) is 0 Å². The number of furan rings is 1. The fraction of sp³-hybridized carbons (Fsp3) is 0.222. The Kier molecular flexibility index (Phi) is 5.98. The van der Waals surface area contributed by atoms with Gasteiger partial charge in [-0.2, -0.15) is 0 Å². The molecule has 0 aliphatic carbocycles. The minimum absolute atomic E-state index is 0.0290. The summed E-state index contributed by atoms with van der Waals surface area (Å²) in [6.45, 7) is 3.84. The molecular formula is C18H19BrN2O3. The Bertz CT molecular complexity index is 760. The zero-order chi connectivity index (χ0) is 17.7. The van der Waals surface area contributed by atoms with Crippen molar-refractivity contribution in [3.05, 3.63) is 58.0 Å². The number of para-hydroxylation sites is 1. The summed E-state index contributed by atoms with van der Waals surface area (Å²) >= 11 is 3.20. The van der Waals surface area contributed by atoms with E-state index in [1.54, 1.807) is 25.3 Å². The van der Waals surface area contributed by atoms with E-state index in [0.29, 0.717) is 10.4 Å². The highest BCUT2D eigenvalue weighted by molar-refractivity contribution is 9.10. The van der Waals surface area contributed by atoms with Crippen molar-refractivity contribution in [2.75, 3.05) is 18.9 Å². The minimum atomic E-state index is -0.279. The number of anilines is 1. The van der Waals surface area contributed by atoms with Crippen LogP contribution in [0, 0.1) is 13.8 Å². The van der Waals surface area contributed by atoms with Gasteiger partial charge in [0.1, 0.15) is 5.76 Å². The van der Waals surface area contributed by atoms with E-state index < -0.39 is 0 Å². The van der Waals surface area contributed by atoms with Gasteiger partial charge in [-0.05, 0) is 59.1 Å². The van der Waals surface area contributed by atoms with Crippen LogP contribution in [0.1, 0.15) is 16.9 Å². The molecule has 0 bridgehead atoms. The zero-order valence-electron chi connectivity index (χ0n) is 13.8. The van der Waals surface area contributed by atoms with E-state index >= 15 is 0 Å². The zero-order valence-corrected chi connectivity index (χ0v) is 15.4. The number of rotatable bonds is 5. The predicted octanol–water partition coefficient (Wildman–Crippen LogP) is 3.77. The maximum atomic E-state index is 12.2. The van der Waals surface area contributed by atoms with Crippen LogP contribution in [-0.4, -0.2) is 30.3 Å². The van der Waals surface area contributed by atoms with Crippen molar-refractivity contribution in [2.45, 2.75) is 13.8 Å². The van der Waals surface area contributed by atoms with E-state index in [9.17, 15) is 9.59 Å². The fourth-order valence-corrected chi connectivity index (χ4v) is 2.50. The van der Waals surface area contributed by atoms with Crippen LogP contribution in [0.5, 0.6) is 0 Å². The molecule has 0 spiro atoms. The fourth-order valence-electron chi connectivity index (χ4n) is 2.18. The van der Waals surface area contributed by atoms with Crippen LogP contribution in [0.15, 0.2) is 45.5 Å². The molecule has 0 unspecified atom stereocenters. The lowest BCUT2D eigenvalue weighted by Crippen LogP contribution is -2.34. The Hall–Kier alpha value is -2.34. The lowest BCUT2D eigenvalue weighted by molar-refractivity contribution is -0.129. The maximum absolute atomic E-state index is 12.2. The molecule has 0 saturated heterocycles. The van der Waals surface area contributed by atoms with Gasteiger partial charge in [-0.25, -0.2) is 0 Å². The molecule has 5 nitrogen and oxygen atoms in total. The van der Waals surface area contributed by atoms with Crippen LogP contribution in [0.2, 0.25) is 0 Å². The molecule has 0 saturated carbocycles. The molecule has 126 valence electrons. The Labute approximate surface area is 149 Å². The Morgan fingerprint density at radius 2 is 1.88 bits per heavy atom. The first-order valence-corrected chi connectivity index (χ1v) is 8.20. The van der Waals surface area contributed by atoms with Crippen molar-refractivity contribution in [2.24, 2.45) is 0 Å². The molecule has 0 fully saturated rings. The van der Waals surface area contributed by atoms with Gasteiger partial charge in [0.2, 0.25) is 11.8 Å². The summed E-state index contributed by atoms with van der Waals surface area (Å²) in [7, 11) is 1.58. The van der Waals surface area contributed by atoms with E-state index in [2.05, 4.69) is 21.2 Å². The van der Waals surface area contributed by atoms with Crippen LogP contribution in [0.25, 0.3) is 6.08 Å². The number of hydrogen-bond acceptors (Lipinski definition) is 3. The number of amides is 2. The van der Waals surface area contributed by atoms with Gasteiger partial charge in [0.05, 0.1) is 6.54 Å². The predicted molar refractivity (Wildman–Crippen MR) is 97.6 cm³/mol. The second kappa shape index (κ2) is 7.97. The summed E-state index contributed by atoms with van der Waals surface area (Å²) in [5, 5.41) is 2.86. The first kappa shape index (κ1) is 18.0. The summed E-state index contributed by atoms with van der Waals surface area (Å²) in [4.78, 5) is 25.6. The lowest BCUT2D eigenvalue weighted by Gasteiger charge is -2.16. The Morgan fingerprint density at radius 1 is 1.21 bits per heavy atom. The number of benzene rings is 1. The number of likely N-dealkylation sites (N-methyl/N-ethyl adjacent to an activating group) is 1. The molecule has 0 radical (unpaired) electrons. The second-order valence-corrected chi connectivity index (χ2v) is 6.27. The Balaban J connectivity index is 1.93. The van der Waals surface area contributed by atoms with Crippen LogP contribution < -0.4 is 5.32 Å². The van der Waals surface area contributed by atoms with Crippen LogP contribution in [-0.2, 0) is 9.59 Å². The van der Waals surface area contributed by atoms with Gasteiger partial charge in [-0.1, -0.05) is 18.2 Å². The standard InChI is InChI=1S/C18H19BrN2O3/c1-12-5-4-6-13(2)18(12)20-16(22)11-21(3)17(23)10-8-14-7-9-15(19)24-14/h4-10H,11H2,1-3H3,(H,20,22)/b10-8+. The molecule has 2 amide bonds. The van der Waals surface area contributed by atoms with E-state index in [1.165, 1.54) is 11.0 Å². The third-order valence-electron chi connectivity index (χ3n) is 3.49. The van der Waals surface area contributed by atoms with E-state index in [-0.39, 0.29) is 18.4 Å². The number of carbonyl (C=O) groups excluding carboxylic acids is 2. The van der Waals surface area contributed by atoms with Gasteiger partial charge in [0, 0.05) is 18.8 Å². The topological polar surface area (TPSA) is 62.6 Å². The molecule has 1 N–H and O–H groups in total. The summed E-state index contributed by atoms with van der Waals surface area (Å²) in [5.41, 5.74) is 2.76. The summed E-state index contributed by atoms with van der Waals surface area (Å²) in [6.07, 6.45) is 2.94. The maximum Gasteiger partial charge on any atom is 0.246 e. The number of halogens is 1. The van der Waals surface area contributed by atoms with Crippen molar-refractivity contribution >= 4 is 39.5 Å². The molecule has 24 heavy (non-hydrogen) atoms. The number of aryl methyl sites for hydroxylation is 2. The molecule has 2 aromatic rings. The highest BCUT2D eigenvalue weighted by atomic mass is 79.9. The van der Waals surface area contributed by atoms with Gasteiger partial charge >= 0.3 is 0 Å². The lowest BCUT2D eigenvalue weighted by atomic mass is 10.1. The first-order valence-electron chi connectivity index (χ1n) is 7.41. The molecule has 2 rings (SSSR count). The number of carbonyl (C=O) groups is 2. The van der Waals surface area contributed by atoms with Gasteiger partial charge < -0.3 is 14.6 Å². The smallest absolute Gasteiger partial charge is 0.246 e. The van der Waals surface area contributed by atoms with Gasteiger partial charge in [0.15, 0.2) is 4.67 Å². The molecule has 1 aromatic carbocycles. The Morgan fingerprint density at radius 3 is 2.46 bits per heavy atom. The summed E-state index contributed by atoms with van der Waals surface area (Å²) in [5.74, 6) is 0.0418. The normalized spacial score (nSPS) is 10.8. The minimum Gasteiger partial charge on any atom is -0.450 e. The quantitative estimate of drug-likeness (QED) is 0.790.